The van der Waals surface area contributed by atoms with Gasteiger partial charge >= 0.3 is 0 Å². The zero-order valence-electron chi connectivity index (χ0n) is 15.5. The van der Waals surface area contributed by atoms with Gasteiger partial charge in [-0.3, -0.25) is 0 Å². The third kappa shape index (κ3) is 4.67. The van der Waals surface area contributed by atoms with Crippen LogP contribution >= 0.6 is 12.2 Å². The van der Waals surface area contributed by atoms with Gasteiger partial charge in [-0.1, -0.05) is 43.7 Å². The molecule has 0 spiro atoms. The maximum Gasteiger partial charge on any atom is 0.205 e. The summed E-state index contributed by atoms with van der Waals surface area (Å²) >= 11 is 4.38. The summed E-state index contributed by atoms with van der Waals surface area (Å²) in [7, 11) is 0. The first kappa shape index (κ1) is 20.2. The molecule has 0 radical (unpaired) electrons. The fourth-order valence-electron chi connectivity index (χ4n) is 2.76. The molecule has 1 heterocycles. The Bertz CT molecular complexity index is 1160. The third-order valence-corrected chi connectivity index (χ3v) is 4.29. The molecule has 1 aromatic heterocycles. The Morgan fingerprint density at radius 3 is 2.38 bits per heavy atom. The van der Waals surface area contributed by atoms with Gasteiger partial charge in [0.25, 0.3) is 0 Å². The van der Waals surface area contributed by atoms with Gasteiger partial charge in [-0.2, -0.15) is 4.99 Å². The Morgan fingerprint density at radius 2 is 1.79 bits per heavy atom. The number of rotatable bonds is 4. The van der Waals surface area contributed by atoms with Crippen molar-refractivity contribution < 1.29 is 8.78 Å². The van der Waals surface area contributed by atoms with Crippen LogP contribution in [0.5, 0.6) is 0 Å². The van der Waals surface area contributed by atoms with Crippen molar-refractivity contribution in [2.75, 3.05) is 0 Å². The minimum atomic E-state index is -0.863. The molecule has 0 aliphatic carbocycles. The Kier molecular flexibility index (Phi) is 6.36. The van der Waals surface area contributed by atoms with Crippen molar-refractivity contribution in [3.8, 4) is 23.0 Å². The monoisotopic (exact) mass is 403 g/mol. The van der Waals surface area contributed by atoms with E-state index in [9.17, 15) is 8.78 Å². The van der Waals surface area contributed by atoms with Crippen molar-refractivity contribution in [3.63, 3.8) is 0 Å². The van der Waals surface area contributed by atoms with Crippen molar-refractivity contribution in [1.29, 1.82) is 0 Å². The quantitative estimate of drug-likeness (QED) is 0.316. The smallest absolute Gasteiger partial charge is 0.205 e. The summed E-state index contributed by atoms with van der Waals surface area (Å²) in [6.45, 7) is 5.87. The lowest BCUT2D eigenvalue weighted by Gasteiger charge is -2.08. The first-order valence-corrected chi connectivity index (χ1v) is 9.13. The summed E-state index contributed by atoms with van der Waals surface area (Å²) in [4.78, 5) is 11.9. The number of halogens is 2. The van der Waals surface area contributed by atoms with Crippen molar-refractivity contribution >= 4 is 29.1 Å². The lowest BCUT2D eigenvalue weighted by Crippen LogP contribution is -1.93. The molecule has 0 atom stereocenters. The SMILES string of the molecule is C=Cc1ccc(-c2cnc(C#Cc3cc(F)c(N=C=S)c(F)c3)nc2)c(CC)c1. The Labute approximate surface area is 172 Å². The second kappa shape index (κ2) is 9.11. The number of benzene rings is 2. The van der Waals surface area contributed by atoms with E-state index in [1.165, 1.54) is 0 Å². The van der Waals surface area contributed by atoms with Crippen LogP contribution in [0.3, 0.4) is 0 Å². The number of aliphatic imine (C=N–C) groups is 1. The molecule has 3 rings (SSSR count). The molecule has 29 heavy (non-hydrogen) atoms. The van der Waals surface area contributed by atoms with Gasteiger partial charge in [-0.05, 0) is 53.4 Å². The molecule has 6 heteroatoms. The van der Waals surface area contributed by atoms with E-state index < -0.39 is 17.3 Å². The van der Waals surface area contributed by atoms with Gasteiger partial charge in [0.05, 0.1) is 5.16 Å². The average molecular weight is 403 g/mol. The fraction of sp³-hybridized carbons (Fsp3) is 0.0870. The number of aromatic nitrogens is 2. The van der Waals surface area contributed by atoms with Gasteiger partial charge in [0.1, 0.15) is 5.69 Å². The summed E-state index contributed by atoms with van der Waals surface area (Å²) in [6, 6.07) is 8.22. The summed E-state index contributed by atoms with van der Waals surface area (Å²) in [5.41, 5.74) is 3.77. The molecule has 0 fully saturated rings. The largest absolute Gasteiger partial charge is 0.229 e. The topological polar surface area (TPSA) is 38.1 Å². The molecule has 0 unspecified atom stereocenters. The van der Waals surface area contributed by atoms with Crippen LogP contribution in [0.15, 0.2) is 54.3 Å². The van der Waals surface area contributed by atoms with Crippen LogP contribution in [-0.4, -0.2) is 15.1 Å². The number of aryl methyl sites for hydroxylation is 1. The van der Waals surface area contributed by atoms with Crippen LogP contribution in [0.1, 0.15) is 29.4 Å². The molecule has 0 saturated carbocycles. The fourth-order valence-corrected chi connectivity index (χ4v) is 2.86. The van der Waals surface area contributed by atoms with Crippen molar-refractivity contribution in [1.82, 2.24) is 9.97 Å². The molecule has 3 nitrogen and oxygen atoms in total. The van der Waals surface area contributed by atoms with Crippen molar-refractivity contribution in [2.45, 2.75) is 13.3 Å². The minimum Gasteiger partial charge on any atom is -0.229 e. The van der Waals surface area contributed by atoms with Crippen LogP contribution in [0.4, 0.5) is 14.5 Å². The number of isothiocyanates is 1. The molecule has 2 aromatic carbocycles. The summed E-state index contributed by atoms with van der Waals surface area (Å²) in [5, 5.41) is 1.94. The van der Waals surface area contributed by atoms with Gasteiger partial charge < -0.3 is 0 Å². The lowest BCUT2D eigenvalue weighted by molar-refractivity contribution is 0.587. The summed E-state index contributed by atoms with van der Waals surface area (Å²) < 4.78 is 27.7. The standard InChI is InChI=1S/C23H15F2N3S/c1-3-15-5-7-19(17(4-2)9-15)18-12-26-22(27-13-18)8-6-16-10-20(24)23(28-14-29)21(25)11-16/h3,5,7,9-13H,1,4H2,2H3. The van der Waals surface area contributed by atoms with Gasteiger partial charge in [0.15, 0.2) is 11.6 Å². The average Bonchev–Trinajstić information content (AvgIpc) is 2.74. The van der Waals surface area contributed by atoms with Crippen LogP contribution in [0, 0.1) is 23.5 Å². The van der Waals surface area contributed by atoms with Crippen molar-refractivity contribution in [3.05, 3.63) is 83.5 Å². The Morgan fingerprint density at radius 1 is 1.10 bits per heavy atom. The van der Waals surface area contributed by atoms with E-state index in [2.05, 4.69) is 58.6 Å². The molecule has 0 aliphatic heterocycles. The molecule has 0 aliphatic rings. The third-order valence-electron chi connectivity index (χ3n) is 4.20. The highest BCUT2D eigenvalue weighted by atomic mass is 32.1. The van der Waals surface area contributed by atoms with Crippen LogP contribution in [0.25, 0.3) is 17.2 Å². The normalized spacial score (nSPS) is 9.90. The molecule has 0 amide bonds. The van der Waals surface area contributed by atoms with E-state index in [1.54, 1.807) is 18.5 Å². The second-order valence-corrected chi connectivity index (χ2v) is 6.19. The Balaban J connectivity index is 1.88. The van der Waals surface area contributed by atoms with Gasteiger partial charge in [0, 0.05) is 23.5 Å². The maximum absolute atomic E-state index is 13.9. The summed E-state index contributed by atoms with van der Waals surface area (Å²) in [6.07, 6.45) is 6.02. The number of thiocarbonyl (C=S) groups is 1. The molecular weight excluding hydrogens is 388 g/mol. The summed E-state index contributed by atoms with van der Waals surface area (Å²) in [5.74, 6) is 3.88. The number of hydrogen-bond donors (Lipinski definition) is 0. The van der Waals surface area contributed by atoms with E-state index in [4.69, 9.17) is 0 Å². The highest BCUT2D eigenvalue weighted by Gasteiger charge is 2.09. The zero-order valence-corrected chi connectivity index (χ0v) is 16.4. The van der Waals surface area contributed by atoms with Gasteiger partial charge in [-0.15, -0.1) is 0 Å². The molecule has 0 N–H and O–H groups in total. The molecule has 0 saturated heterocycles. The van der Waals surface area contributed by atoms with Gasteiger partial charge in [0.2, 0.25) is 5.82 Å². The van der Waals surface area contributed by atoms with Crippen LogP contribution in [0.2, 0.25) is 0 Å². The van der Waals surface area contributed by atoms with Crippen LogP contribution in [-0.2, 0) is 6.42 Å². The van der Waals surface area contributed by atoms with Crippen molar-refractivity contribution in [2.24, 2.45) is 4.99 Å². The number of hydrogen-bond acceptors (Lipinski definition) is 4. The predicted octanol–water partition coefficient (Wildman–Crippen LogP) is 5.76. The zero-order chi connectivity index (χ0) is 20.8. The second-order valence-electron chi connectivity index (χ2n) is 6.01. The minimum absolute atomic E-state index is 0.143. The predicted molar refractivity (Wildman–Crippen MR) is 114 cm³/mol. The van der Waals surface area contributed by atoms with E-state index in [1.807, 2.05) is 17.3 Å². The van der Waals surface area contributed by atoms with Crippen LogP contribution < -0.4 is 0 Å². The highest BCUT2D eigenvalue weighted by molar-refractivity contribution is 7.78. The number of nitrogens with zero attached hydrogens (tertiary/aromatic N) is 3. The molecular formula is C23H15F2N3S. The maximum atomic E-state index is 13.9. The van der Waals surface area contributed by atoms with E-state index >= 15 is 0 Å². The first-order chi connectivity index (χ1) is 14.0. The van der Waals surface area contributed by atoms with E-state index in [-0.39, 0.29) is 11.4 Å². The molecule has 142 valence electrons. The molecule has 0 bridgehead atoms. The van der Waals surface area contributed by atoms with E-state index in [0.29, 0.717) is 0 Å². The van der Waals surface area contributed by atoms with Gasteiger partial charge in [-0.25, -0.2) is 18.7 Å². The van der Waals surface area contributed by atoms with E-state index in [0.717, 1.165) is 40.8 Å². The first-order valence-electron chi connectivity index (χ1n) is 8.72. The Hall–Kier alpha value is -3.52. The molecule has 3 aromatic rings. The highest BCUT2D eigenvalue weighted by Crippen LogP contribution is 2.25. The lowest BCUT2D eigenvalue weighted by atomic mass is 9.98.